The molecule has 0 aliphatic carbocycles. The maximum Gasteiger partial charge on any atom is -0.00201 e. The molecule has 0 saturated heterocycles. The first kappa shape index (κ1) is 26.7. The van der Waals surface area contributed by atoms with E-state index in [1.165, 1.54) is 102 Å². The third kappa shape index (κ3) is 4.45. The Balaban J connectivity index is 1.43. The lowest BCUT2D eigenvalue weighted by Crippen LogP contribution is -2.10. The van der Waals surface area contributed by atoms with E-state index in [4.69, 9.17) is 0 Å². The van der Waals surface area contributed by atoms with E-state index in [1.54, 1.807) is 0 Å². The van der Waals surface area contributed by atoms with Crippen LogP contribution >= 0.6 is 0 Å². The molecular formula is C42H40. The van der Waals surface area contributed by atoms with Crippen molar-refractivity contribution in [2.45, 2.75) is 65.2 Å². The minimum Gasteiger partial charge on any atom is -0.0654 e. The Morgan fingerprint density at radius 2 is 1.02 bits per heavy atom. The summed E-state index contributed by atoms with van der Waals surface area (Å²) in [6.07, 6.45) is 6.29. The standard InChI is InChI=1S/C42H40/c1-5-6-7-8-13-28-14-9-10-15-31(28)33-25-27-39-38-26-24-32(29-20-22-30(23-21-29)42(2,3)4)34-16-11-18-36(40(34)38)37-19-12-17-35(33)41(37)39/h9-12,14-27H,5-8,13H2,1-4H3. The fraction of sp³-hybridized carbons (Fsp3) is 0.238. The molecule has 0 amide bonds. The van der Waals surface area contributed by atoms with Crippen molar-refractivity contribution in [2.75, 3.05) is 0 Å². The van der Waals surface area contributed by atoms with Gasteiger partial charge in [-0.25, -0.2) is 0 Å². The molecule has 0 aliphatic heterocycles. The summed E-state index contributed by atoms with van der Waals surface area (Å²) in [7, 11) is 0. The fourth-order valence-electron chi connectivity index (χ4n) is 7.09. The van der Waals surface area contributed by atoms with Crippen LogP contribution < -0.4 is 0 Å². The third-order valence-electron chi connectivity index (χ3n) is 9.33. The van der Waals surface area contributed by atoms with Crippen LogP contribution in [0.2, 0.25) is 0 Å². The highest BCUT2D eigenvalue weighted by Crippen LogP contribution is 2.45. The highest BCUT2D eigenvalue weighted by atomic mass is 14.2. The van der Waals surface area contributed by atoms with Crippen molar-refractivity contribution in [1.82, 2.24) is 0 Å². The van der Waals surface area contributed by atoms with E-state index in [0.29, 0.717) is 0 Å². The lowest BCUT2D eigenvalue weighted by atomic mass is 9.83. The van der Waals surface area contributed by atoms with Crippen LogP contribution in [-0.2, 0) is 11.8 Å². The quantitative estimate of drug-likeness (QED) is 0.106. The summed E-state index contributed by atoms with van der Waals surface area (Å²) in [5.74, 6) is 0. The average molecular weight is 545 g/mol. The van der Waals surface area contributed by atoms with Crippen LogP contribution in [0.4, 0.5) is 0 Å². The van der Waals surface area contributed by atoms with Gasteiger partial charge in [-0.3, -0.25) is 0 Å². The van der Waals surface area contributed by atoms with Gasteiger partial charge in [0.2, 0.25) is 0 Å². The van der Waals surface area contributed by atoms with Gasteiger partial charge in [0.15, 0.2) is 0 Å². The summed E-state index contributed by atoms with van der Waals surface area (Å²) in [5, 5.41) is 10.8. The van der Waals surface area contributed by atoms with Crippen LogP contribution in [0.1, 0.15) is 64.5 Å². The number of fused-ring (bicyclic) bond motifs is 2. The monoisotopic (exact) mass is 544 g/mol. The van der Waals surface area contributed by atoms with Gasteiger partial charge in [0.05, 0.1) is 0 Å². The normalized spacial score (nSPS) is 12.3. The molecule has 0 heteroatoms. The Morgan fingerprint density at radius 3 is 1.67 bits per heavy atom. The summed E-state index contributed by atoms with van der Waals surface area (Å²) in [5.41, 5.74) is 8.31. The SMILES string of the molecule is CCCCCCc1ccccc1-c1ccc2c3ccc(-c4ccc(C(C)(C)C)cc4)c4cccc(c5cccc1c52)c43. The Kier molecular flexibility index (Phi) is 6.74. The lowest BCUT2D eigenvalue weighted by Gasteiger charge is -2.20. The molecule has 0 fully saturated rings. The molecule has 0 radical (unpaired) electrons. The molecule has 0 nitrogen and oxygen atoms in total. The number of hydrogen-bond acceptors (Lipinski definition) is 0. The van der Waals surface area contributed by atoms with Gasteiger partial charge in [-0.15, -0.1) is 0 Å². The van der Waals surface area contributed by atoms with E-state index in [-0.39, 0.29) is 5.41 Å². The van der Waals surface area contributed by atoms with Gasteiger partial charge in [0.1, 0.15) is 0 Å². The first-order valence-electron chi connectivity index (χ1n) is 15.8. The smallest absolute Gasteiger partial charge is 0.00201 e. The van der Waals surface area contributed by atoms with Crippen molar-refractivity contribution >= 4 is 43.1 Å². The first-order valence-corrected chi connectivity index (χ1v) is 15.8. The van der Waals surface area contributed by atoms with E-state index in [1.807, 2.05) is 0 Å². The second-order valence-electron chi connectivity index (χ2n) is 13.1. The lowest BCUT2D eigenvalue weighted by molar-refractivity contribution is 0.590. The van der Waals surface area contributed by atoms with E-state index >= 15 is 0 Å². The number of hydrogen-bond donors (Lipinski definition) is 0. The minimum atomic E-state index is 0.148. The van der Waals surface area contributed by atoms with E-state index in [2.05, 4.69) is 137 Å². The molecule has 208 valence electrons. The van der Waals surface area contributed by atoms with Crippen LogP contribution in [0.5, 0.6) is 0 Å². The molecule has 0 atom stereocenters. The third-order valence-corrected chi connectivity index (χ3v) is 9.33. The van der Waals surface area contributed by atoms with E-state index in [9.17, 15) is 0 Å². The molecule has 0 aliphatic rings. The van der Waals surface area contributed by atoms with Crippen molar-refractivity contribution in [1.29, 1.82) is 0 Å². The van der Waals surface area contributed by atoms with Crippen molar-refractivity contribution in [3.05, 3.63) is 120 Å². The molecule has 0 bridgehead atoms. The molecule has 0 aromatic heterocycles. The van der Waals surface area contributed by atoms with Gasteiger partial charge in [0, 0.05) is 0 Å². The highest BCUT2D eigenvalue weighted by Gasteiger charge is 2.18. The number of benzene rings is 7. The molecule has 0 unspecified atom stereocenters. The molecule has 0 spiro atoms. The van der Waals surface area contributed by atoms with Crippen molar-refractivity contribution in [3.8, 4) is 22.3 Å². The molecule has 0 saturated carbocycles. The van der Waals surface area contributed by atoms with Gasteiger partial charge >= 0.3 is 0 Å². The summed E-state index contributed by atoms with van der Waals surface area (Å²) < 4.78 is 0. The van der Waals surface area contributed by atoms with Gasteiger partial charge < -0.3 is 0 Å². The van der Waals surface area contributed by atoms with Gasteiger partial charge in [-0.2, -0.15) is 0 Å². The second-order valence-corrected chi connectivity index (χ2v) is 13.1. The zero-order valence-corrected chi connectivity index (χ0v) is 25.4. The summed E-state index contributed by atoms with van der Waals surface area (Å²) in [4.78, 5) is 0. The van der Waals surface area contributed by atoms with Gasteiger partial charge in [-0.05, 0) is 94.7 Å². The molecule has 0 heterocycles. The van der Waals surface area contributed by atoms with Crippen LogP contribution in [0.15, 0.2) is 109 Å². The maximum atomic E-state index is 2.39. The highest BCUT2D eigenvalue weighted by molar-refractivity contribution is 6.35. The van der Waals surface area contributed by atoms with Crippen LogP contribution in [0, 0.1) is 0 Å². The van der Waals surface area contributed by atoms with Crippen molar-refractivity contribution in [2.24, 2.45) is 0 Å². The Morgan fingerprint density at radius 1 is 0.452 bits per heavy atom. The summed E-state index contributed by atoms with van der Waals surface area (Å²) in [6, 6.07) is 41.5. The Labute approximate surface area is 250 Å². The molecule has 7 rings (SSSR count). The van der Waals surface area contributed by atoms with Crippen molar-refractivity contribution in [3.63, 3.8) is 0 Å². The van der Waals surface area contributed by atoms with E-state index in [0.717, 1.165) is 6.42 Å². The van der Waals surface area contributed by atoms with Gasteiger partial charge in [-0.1, -0.05) is 156 Å². The van der Waals surface area contributed by atoms with Crippen LogP contribution in [-0.4, -0.2) is 0 Å². The largest absolute Gasteiger partial charge is 0.0654 e. The van der Waals surface area contributed by atoms with E-state index < -0.39 is 0 Å². The number of unbranched alkanes of at least 4 members (excludes halogenated alkanes) is 3. The van der Waals surface area contributed by atoms with Gasteiger partial charge in [0.25, 0.3) is 0 Å². The fourth-order valence-corrected chi connectivity index (χ4v) is 7.09. The first-order chi connectivity index (χ1) is 20.5. The molecule has 42 heavy (non-hydrogen) atoms. The predicted molar refractivity (Wildman–Crippen MR) is 185 cm³/mol. The van der Waals surface area contributed by atoms with Crippen LogP contribution in [0.3, 0.4) is 0 Å². The predicted octanol–water partition coefficient (Wildman–Crippen LogP) is 12.5. The number of aryl methyl sites for hydroxylation is 1. The second kappa shape index (κ2) is 10.6. The Bertz CT molecular complexity index is 2010. The average Bonchev–Trinajstić information content (AvgIpc) is 3.01. The molecule has 7 aromatic rings. The molecule has 7 aromatic carbocycles. The van der Waals surface area contributed by atoms with Crippen molar-refractivity contribution < 1.29 is 0 Å². The molecular weight excluding hydrogens is 504 g/mol. The maximum absolute atomic E-state index is 2.39. The minimum absolute atomic E-state index is 0.148. The number of rotatable bonds is 7. The Hall–Kier alpha value is -4.16. The zero-order valence-electron chi connectivity index (χ0n) is 25.4. The summed E-state index contributed by atoms with van der Waals surface area (Å²) >= 11 is 0. The zero-order chi connectivity index (χ0) is 28.8. The molecule has 0 N–H and O–H groups in total. The summed E-state index contributed by atoms with van der Waals surface area (Å²) in [6.45, 7) is 9.12. The topological polar surface area (TPSA) is 0 Å². The van der Waals surface area contributed by atoms with Crippen LogP contribution in [0.25, 0.3) is 65.3 Å².